The van der Waals surface area contributed by atoms with Crippen LogP contribution in [-0.4, -0.2) is 74.4 Å². The number of phenols is 1. The highest BCUT2D eigenvalue weighted by Gasteiger charge is 2.26. The highest BCUT2D eigenvalue weighted by atomic mass is 16.4. The average molecular weight is 504 g/mol. The fourth-order valence-corrected chi connectivity index (χ4v) is 3.14. The van der Waals surface area contributed by atoms with Crippen LogP contribution in [0.25, 0.3) is 0 Å². The van der Waals surface area contributed by atoms with Gasteiger partial charge in [0.05, 0.1) is 18.9 Å². The first-order valence-electron chi connectivity index (χ1n) is 10.9. The van der Waals surface area contributed by atoms with E-state index in [2.05, 4.69) is 25.9 Å². The van der Waals surface area contributed by atoms with Gasteiger partial charge in [0.25, 0.3) is 0 Å². The van der Waals surface area contributed by atoms with E-state index in [-0.39, 0.29) is 31.4 Å². The van der Waals surface area contributed by atoms with Gasteiger partial charge < -0.3 is 42.6 Å². The van der Waals surface area contributed by atoms with Crippen molar-refractivity contribution in [3.63, 3.8) is 0 Å². The minimum absolute atomic E-state index is 0.000333. The number of aliphatic carboxylic acids is 1. The van der Waals surface area contributed by atoms with Crippen LogP contribution in [0.5, 0.6) is 5.75 Å². The summed E-state index contributed by atoms with van der Waals surface area (Å²) in [6, 6.07) is 2.33. The van der Waals surface area contributed by atoms with E-state index in [0.717, 1.165) is 0 Å². The van der Waals surface area contributed by atoms with Crippen LogP contribution < -0.4 is 27.4 Å². The molecule has 10 N–H and O–H groups in total. The van der Waals surface area contributed by atoms with E-state index in [4.69, 9.17) is 11.5 Å². The number of hydrogen-bond donors (Lipinski definition) is 8. The molecule has 0 aliphatic heterocycles. The van der Waals surface area contributed by atoms with Gasteiger partial charge in [-0.25, -0.2) is 9.78 Å². The summed E-state index contributed by atoms with van der Waals surface area (Å²) in [6.45, 7) is -0.554. The van der Waals surface area contributed by atoms with Crippen molar-refractivity contribution in [2.45, 2.75) is 43.8 Å². The van der Waals surface area contributed by atoms with E-state index in [0.29, 0.717) is 11.3 Å². The second-order valence-electron chi connectivity index (χ2n) is 8.00. The van der Waals surface area contributed by atoms with Crippen molar-refractivity contribution in [1.82, 2.24) is 25.9 Å². The van der Waals surface area contributed by atoms with Crippen LogP contribution in [-0.2, 0) is 36.8 Å². The first kappa shape index (κ1) is 27.8. The summed E-state index contributed by atoms with van der Waals surface area (Å²) in [5.74, 6) is -4.07. The van der Waals surface area contributed by atoms with Crippen LogP contribution in [0.1, 0.15) is 24.1 Å². The van der Waals surface area contributed by atoms with Crippen LogP contribution in [0.3, 0.4) is 0 Å². The van der Waals surface area contributed by atoms with Crippen molar-refractivity contribution < 1.29 is 34.2 Å². The highest BCUT2D eigenvalue weighted by Crippen LogP contribution is 2.11. The van der Waals surface area contributed by atoms with Crippen LogP contribution in [0.4, 0.5) is 0 Å². The van der Waals surface area contributed by atoms with Gasteiger partial charge in [0, 0.05) is 31.2 Å². The Morgan fingerprint density at radius 2 is 1.69 bits per heavy atom. The average Bonchev–Trinajstić information content (AvgIpc) is 3.34. The molecule has 0 bridgehead atoms. The number of hydrogen-bond acceptors (Lipinski definition) is 8. The molecule has 0 saturated carbocycles. The van der Waals surface area contributed by atoms with E-state index >= 15 is 0 Å². The van der Waals surface area contributed by atoms with E-state index in [1.54, 1.807) is 0 Å². The number of benzene rings is 1. The fraction of sp³-hybridized carbons (Fsp3) is 0.364. The Bertz CT molecular complexity index is 1060. The minimum Gasteiger partial charge on any atom is -0.508 e. The monoisotopic (exact) mass is 503 g/mol. The molecule has 194 valence electrons. The largest absolute Gasteiger partial charge is 0.508 e. The van der Waals surface area contributed by atoms with Crippen LogP contribution in [0.2, 0.25) is 0 Å². The van der Waals surface area contributed by atoms with Gasteiger partial charge in [0.15, 0.2) is 0 Å². The maximum absolute atomic E-state index is 12.7. The number of H-pyrrole nitrogens is 1. The van der Waals surface area contributed by atoms with E-state index in [1.807, 2.05) is 0 Å². The maximum atomic E-state index is 12.7. The maximum Gasteiger partial charge on any atom is 0.326 e. The first-order chi connectivity index (χ1) is 17.0. The number of amides is 4. The number of phenolic OH excluding ortho intramolecular Hbond substituents is 1. The molecule has 1 aromatic carbocycles. The molecule has 2 rings (SSSR count). The summed E-state index contributed by atoms with van der Waals surface area (Å²) in [7, 11) is 0. The van der Waals surface area contributed by atoms with E-state index < -0.39 is 54.3 Å². The number of aromatic amines is 1. The van der Waals surface area contributed by atoms with Gasteiger partial charge in [0.2, 0.25) is 23.6 Å². The summed E-state index contributed by atoms with van der Waals surface area (Å²) in [4.78, 5) is 66.6. The van der Waals surface area contributed by atoms with Gasteiger partial charge in [-0.05, 0) is 24.1 Å². The number of rotatable bonds is 14. The lowest BCUT2D eigenvalue weighted by Gasteiger charge is -2.20. The zero-order valence-electron chi connectivity index (χ0n) is 19.3. The zero-order chi connectivity index (χ0) is 26.7. The van der Waals surface area contributed by atoms with Gasteiger partial charge in [-0.15, -0.1) is 0 Å². The number of carboxylic acid groups (broad SMARTS) is 1. The molecule has 36 heavy (non-hydrogen) atoms. The van der Waals surface area contributed by atoms with Crippen molar-refractivity contribution in [2.24, 2.45) is 11.5 Å². The molecule has 1 aromatic heterocycles. The molecule has 14 heteroatoms. The molecule has 0 aliphatic rings. The first-order valence-corrected chi connectivity index (χ1v) is 10.9. The molecule has 14 nitrogen and oxygen atoms in total. The second kappa shape index (κ2) is 13.4. The smallest absolute Gasteiger partial charge is 0.326 e. The molecule has 0 saturated heterocycles. The number of nitrogens with two attached hydrogens (primary N) is 2. The number of nitrogens with zero attached hydrogens (tertiary/aromatic N) is 1. The molecule has 1 heterocycles. The van der Waals surface area contributed by atoms with Crippen molar-refractivity contribution in [1.29, 1.82) is 0 Å². The number of imidazole rings is 1. The number of aromatic nitrogens is 2. The number of aromatic hydroxyl groups is 1. The zero-order valence-corrected chi connectivity index (χ0v) is 19.3. The molecule has 0 spiro atoms. The van der Waals surface area contributed by atoms with Gasteiger partial charge >= 0.3 is 5.97 Å². The summed E-state index contributed by atoms with van der Waals surface area (Å²) < 4.78 is 0. The lowest BCUT2D eigenvalue weighted by atomic mass is 10.1. The lowest BCUT2D eigenvalue weighted by Crippen LogP contribution is -2.54. The van der Waals surface area contributed by atoms with Gasteiger partial charge in [-0.3, -0.25) is 19.2 Å². The lowest BCUT2D eigenvalue weighted by molar-refractivity contribution is -0.141. The van der Waals surface area contributed by atoms with Crippen molar-refractivity contribution in [3.05, 3.63) is 48.0 Å². The molecule has 0 radical (unpaired) electrons. The number of primary amides is 1. The number of carboxylic acids is 1. The highest BCUT2D eigenvalue weighted by molar-refractivity contribution is 5.93. The Kier molecular flexibility index (Phi) is 10.4. The summed E-state index contributed by atoms with van der Waals surface area (Å²) in [5, 5.41) is 25.9. The summed E-state index contributed by atoms with van der Waals surface area (Å²) >= 11 is 0. The Morgan fingerprint density at radius 3 is 2.28 bits per heavy atom. The standard InChI is InChI=1S/C22H29N7O7/c23-15(5-6-18(24)31)20(33)29-16(8-13-9-25-11-27-13)21(34)26-10-19(32)28-17(22(35)36)7-12-1-3-14(30)4-2-12/h1-4,9,11,15-17,30H,5-8,10,23H2,(H2,24,31)(H,25,27)(H,26,34)(H,28,32)(H,29,33)(H,35,36). The molecular weight excluding hydrogens is 474 g/mol. The Balaban J connectivity index is 1.96. The van der Waals surface area contributed by atoms with Crippen molar-refractivity contribution in [3.8, 4) is 5.75 Å². The molecule has 0 fully saturated rings. The third-order valence-electron chi connectivity index (χ3n) is 5.08. The van der Waals surface area contributed by atoms with Gasteiger partial charge in [0.1, 0.15) is 17.8 Å². The fourth-order valence-electron chi connectivity index (χ4n) is 3.14. The SMILES string of the molecule is NC(=O)CCC(N)C(=O)NC(Cc1cnc[nH]1)C(=O)NCC(=O)NC(Cc1ccc(O)cc1)C(=O)O. The predicted octanol–water partition coefficient (Wildman–Crippen LogP) is -2.34. The molecular formula is C22H29N7O7. The predicted molar refractivity (Wildman–Crippen MR) is 125 cm³/mol. The van der Waals surface area contributed by atoms with E-state index in [9.17, 15) is 34.2 Å². The molecule has 0 aliphatic carbocycles. The minimum atomic E-state index is -1.28. The molecule has 4 amide bonds. The number of nitrogens with one attached hydrogen (secondary N) is 4. The van der Waals surface area contributed by atoms with Crippen LogP contribution in [0, 0.1) is 0 Å². The van der Waals surface area contributed by atoms with Crippen LogP contribution >= 0.6 is 0 Å². The Hall–Kier alpha value is -4.46. The number of carbonyl (C=O) groups is 5. The molecule has 3 unspecified atom stereocenters. The number of carbonyl (C=O) groups excluding carboxylic acids is 4. The summed E-state index contributed by atoms with van der Waals surface area (Å²) in [5.41, 5.74) is 11.9. The third-order valence-corrected chi connectivity index (χ3v) is 5.08. The Morgan fingerprint density at radius 1 is 1.00 bits per heavy atom. The van der Waals surface area contributed by atoms with Crippen LogP contribution in [0.15, 0.2) is 36.8 Å². The normalized spacial score (nSPS) is 13.1. The van der Waals surface area contributed by atoms with Crippen molar-refractivity contribution in [2.75, 3.05) is 6.54 Å². The summed E-state index contributed by atoms with van der Waals surface area (Å²) in [6.07, 6.45) is 2.67. The second-order valence-corrected chi connectivity index (χ2v) is 8.00. The topological polar surface area (TPSA) is 243 Å². The molecule has 3 atom stereocenters. The van der Waals surface area contributed by atoms with E-state index in [1.165, 1.54) is 36.8 Å². The molecule has 2 aromatic rings. The Labute approximate surface area is 205 Å². The third kappa shape index (κ3) is 9.42. The van der Waals surface area contributed by atoms with Gasteiger partial charge in [-0.1, -0.05) is 12.1 Å². The quantitative estimate of drug-likeness (QED) is 0.137. The van der Waals surface area contributed by atoms with Crippen molar-refractivity contribution >= 4 is 29.6 Å². The van der Waals surface area contributed by atoms with Gasteiger partial charge in [-0.2, -0.15) is 0 Å².